The number of benzene rings is 2. The number of sulfonamides is 1. The number of hydrogen-bond acceptors (Lipinski definition) is 3. The Morgan fingerprint density at radius 1 is 1.07 bits per heavy atom. The van der Waals surface area contributed by atoms with Crippen molar-refractivity contribution in [2.45, 2.75) is 30.7 Å². The van der Waals surface area contributed by atoms with Crippen LogP contribution < -0.4 is 5.32 Å². The molecule has 0 aliphatic carbocycles. The van der Waals surface area contributed by atoms with Crippen LogP contribution in [-0.4, -0.2) is 55.9 Å². The zero-order valence-electron chi connectivity index (χ0n) is 16.4. The number of urea groups is 1. The second kappa shape index (κ2) is 9.37. The minimum Gasteiger partial charge on any atom is -0.336 e. The van der Waals surface area contributed by atoms with Crippen LogP contribution in [0.1, 0.15) is 18.9 Å². The molecule has 6 nitrogen and oxygen atoms in total. The van der Waals surface area contributed by atoms with Gasteiger partial charge >= 0.3 is 6.03 Å². The van der Waals surface area contributed by atoms with Crippen molar-refractivity contribution in [2.24, 2.45) is 0 Å². The van der Waals surface area contributed by atoms with E-state index in [4.69, 9.17) is 0 Å². The van der Waals surface area contributed by atoms with E-state index in [1.807, 2.05) is 25.1 Å². The summed E-state index contributed by atoms with van der Waals surface area (Å²) in [6.45, 7) is 2.93. The molecule has 8 heteroatoms. The Morgan fingerprint density at radius 2 is 1.76 bits per heavy atom. The molecule has 1 saturated heterocycles. The smallest absolute Gasteiger partial charge is 0.317 e. The van der Waals surface area contributed by atoms with Gasteiger partial charge in [-0.15, -0.1) is 0 Å². The SMILES string of the molecule is C[C@H](CCc1ccccc1)NC(=O)N1CCN(S(=O)(=O)c2cccc(F)c2)CC1. The van der Waals surface area contributed by atoms with Gasteiger partial charge in [0.05, 0.1) is 4.90 Å². The number of aryl methyl sites for hydroxylation is 1. The molecule has 0 bridgehead atoms. The normalized spacial score (nSPS) is 16.4. The molecule has 2 amide bonds. The molecule has 1 fully saturated rings. The summed E-state index contributed by atoms with van der Waals surface area (Å²) in [5, 5.41) is 2.98. The zero-order valence-corrected chi connectivity index (χ0v) is 17.2. The highest BCUT2D eigenvalue weighted by molar-refractivity contribution is 7.89. The van der Waals surface area contributed by atoms with Crippen molar-refractivity contribution >= 4 is 16.1 Å². The lowest BCUT2D eigenvalue weighted by molar-refractivity contribution is 0.169. The van der Waals surface area contributed by atoms with Gasteiger partial charge in [-0.25, -0.2) is 17.6 Å². The molecule has 156 valence electrons. The van der Waals surface area contributed by atoms with Gasteiger partial charge in [0, 0.05) is 32.2 Å². The predicted octanol–water partition coefficient (Wildman–Crippen LogP) is 2.86. The Bertz CT molecular complexity index is 929. The third-order valence-electron chi connectivity index (χ3n) is 5.04. The predicted molar refractivity (Wildman–Crippen MR) is 109 cm³/mol. The summed E-state index contributed by atoms with van der Waals surface area (Å²) < 4.78 is 40.0. The highest BCUT2D eigenvalue weighted by Gasteiger charge is 2.30. The van der Waals surface area contributed by atoms with E-state index >= 15 is 0 Å². The molecule has 1 N–H and O–H groups in total. The number of hydrogen-bond donors (Lipinski definition) is 1. The van der Waals surface area contributed by atoms with Crippen molar-refractivity contribution in [2.75, 3.05) is 26.2 Å². The summed E-state index contributed by atoms with van der Waals surface area (Å²) >= 11 is 0. The monoisotopic (exact) mass is 419 g/mol. The maximum Gasteiger partial charge on any atom is 0.317 e. The summed E-state index contributed by atoms with van der Waals surface area (Å²) in [5.41, 5.74) is 1.23. The first-order chi connectivity index (χ1) is 13.9. The van der Waals surface area contributed by atoms with Crippen molar-refractivity contribution in [1.82, 2.24) is 14.5 Å². The summed E-state index contributed by atoms with van der Waals surface area (Å²) in [7, 11) is -3.76. The molecule has 0 radical (unpaired) electrons. The molecule has 1 heterocycles. The van der Waals surface area contributed by atoms with Gasteiger partial charge in [-0.05, 0) is 43.5 Å². The molecule has 2 aromatic carbocycles. The number of nitrogens with zero attached hydrogens (tertiary/aromatic N) is 2. The van der Waals surface area contributed by atoms with Crippen LogP contribution in [0.25, 0.3) is 0 Å². The highest BCUT2D eigenvalue weighted by Crippen LogP contribution is 2.18. The van der Waals surface area contributed by atoms with Crippen molar-refractivity contribution in [3.05, 3.63) is 66.0 Å². The van der Waals surface area contributed by atoms with Crippen molar-refractivity contribution in [1.29, 1.82) is 0 Å². The number of carbonyl (C=O) groups is 1. The molecule has 1 aliphatic rings. The Hall–Kier alpha value is -2.45. The molecule has 0 spiro atoms. The maximum atomic E-state index is 13.4. The average Bonchev–Trinajstić information content (AvgIpc) is 2.73. The molecule has 0 unspecified atom stereocenters. The van der Waals surface area contributed by atoms with Gasteiger partial charge in [-0.1, -0.05) is 36.4 Å². The number of amides is 2. The van der Waals surface area contributed by atoms with Crippen LogP contribution in [0.5, 0.6) is 0 Å². The minimum atomic E-state index is -3.76. The van der Waals surface area contributed by atoms with E-state index in [9.17, 15) is 17.6 Å². The van der Waals surface area contributed by atoms with Crippen molar-refractivity contribution in [3.8, 4) is 0 Å². The van der Waals surface area contributed by atoms with Crippen molar-refractivity contribution in [3.63, 3.8) is 0 Å². The molecule has 2 aromatic rings. The number of nitrogens with one attached hydrogen (secondary N) is 1. The van der Waals surface area contributed by atoms with Crippen LogP contribution in [0.4, 0.5) is 9.18 Å². The fraction of sp³-hybridized carbons (Fsp3) is 0.381. The van der Waals surface area contributed by atoms with Crippen LogP contribution in [0, 0.1) is 5.82 Å². The number of carbonyl (C=O) groups excluding carboxylic acids is 1. The van der Waals surface area contributed by atoms with Crippen LogP contribution >= 0.6 is 0 Å². The summed E-state index contributed by atoms with van der Waals surface area (Å²) in [6.07, 6.45) is 1.70. The quantitative estimate of drug-likeness (QED) is 0.783. The van der Waals surface area contributed by atoms with Crippen LogP contribution in [-0.2, 0) is 16.4 Å². The standard InChI is InChI=1S/C21H26FN3O3S/c1-17(10-11-18-6-3-2-4-7-18)23-21(26)24-12-14-25(15-13-24)29(27,28)20-9-5-8-19(22)16-20/h2-9,16-17H,10-15H2,1H3,(H,23,26)/t17-/m1/s1. The molecule has 0 saturated carbocycles. The molecular formula is C21H26FN3O3S. The summed E-state index contributed by atoms with van der Waals surface area (Å²) in [4.78, 5) is 14.0. The Balaban J connectivity index is 1.49. The highest BCUT2D eigenvalue weighted by atomic mass is 32.2. The Morgan fingerprint density at radius 3 is 2.41 bits per heavy atom. The van der Waals surface area contributed by atoms with E-state index in [2.05, 4.69) is 17.4 Å². The number of halogens is 1. The van der Waals surface area contributed by atoms with E-state index in [1.165, 1.54) is 28.1 Å². The lowest BCUT2D eigenvalue weighted by Gasteiger charge is -2.34. The second-order valence-corrected chi connectivity index (χ2v) is 9.16. The molecule has 3 rings (SSSR count). The molecular weight excluding hydrogens is 393 g/mol. The van der Waals surface area contributed by atoms with E-state index < -0.39 is 15.8 Å². The lowest BCUT2D eigenvalue weighted by atomic mass is 10.1. The van der Waals surface area contributed by atoms with Gasteiger partial charge in [-0.3, -0.25) is 0 Å². The van der Waals surface area contributed by atoms with Gasteiger partial charge in [0.15, 0.2) is 0 Å². The van der Waals surface area contributed by atoms with Crippen LogP contribution in [0.3, 0.4) is 0 Å². The third-order valence-corrected chi connectivity index (χ3v) is 6.93. The largest absolute Gasteiger partial charge is 0.336 e. The Labute approximate surface area is 171 Å². The van der Waals surface area contributed by atoms with Crippen LogP contribution in [0.15, 0.2) is 59.5 Å². The van der Waals surface area contributed by atoms with Gasteiger partial charge in [0.2, 0.25) is 10.0 Å². The second-order valence-electron chi connectivity index (χ2n) is 7.22. The van der Waals surface area contributed by atoms with E-state index in [0.29, 0.717) is 13.1 Å². The van der Waals surface area contributed by atoms with E-state index in [-0.39, 0.29) is 30.1 Å². The van der Waals surface area contributed by atoms with Gasteiger partial charge in [0.25, 0.3) is 0 Å². The molecule has 29 heavy (non-hydrogen) atoms. The number of rotatable bonds is 6. The number of piperazine rings is 1. The Kier molecular flexibility index (Phi) is 6.87. The molecule has 1 atom stereocenters. The third kappa shape index (κ3) is 5.55. The molecule has 0 aromatic heterocycles. The first kappa shape index (κ1) is 21.3. The molecule has 1 aliphatic heterocycles. The van der Waals surface area contributed by atoms with E-state index in [1.54, 1.807) is 4.90 Å². The fourth-order valence-corrected chi connectivity index (χ4v) is 4.76. The van der Waals surface area contributed by atoms with E-state index in [0.717, 1.165) is 18.9 Å². The summed E-state index contributed by atoms with van der Waals surface area (Å²) in [5.74, 6) is -0.589. The van der Waals surface area contributed by atoms with Gasteiger partial charge < -0.3 is 10.2 Å². The average molecular weight is 420 g/mol. The van der Waals surface area contributed by atoms with Crippen molar-refractivity contribution < 1.29 is 17.6 Å². The van der Waals surface area contributed by atoms with Gasteiger partial charge in [0.1, 0.15) is 5.82 Å². The lowest BCUT2D eigenvalue weighted by Crippen LogP contribution is -2.54. The maximum absolute atomic E-state index is 13.4. The van der Waals surface area contributed by atoms with Crippen LogP contribution in [0.2, 0.25) is 0 Å². The minimum absolute atomic E-state index is 0.0109. The first-order valence-corrected chi connectivity index (χ1v) is 11.2. The topological polar surface area (TPSA) is 69.7 Å². The van der Waals surface area contributed by atoms with Gasteiger partial charge in [-0.2, -0.15) is 4.31 Å². The zero-order chi connectivity index (χ0) is 20.9. The first-order valence-electron chi connectivity index (χ1n) is 9.71. The fourth-order valence-electron chi connectivity index (χ4n) is 3.31. The summed E-state index contributed by atoms with van der Waals surface area (Å²) in [6, 6.07) is 14.9.